The number of hydrogen-bond donors (Lipinski definition) is 4. The van der Waals surface area contributed by atoms with Gasteiger partial charge in [0, 0.05) is 13.0 Å². The van der Waals surface area contributed by atoms with Crippen molar-refractivity contribution in [3.63, 3.8) is 0 Å². The third-order valence-electron chi connectivity index (χ3n) is 6.95. The van der Waals surface area contributed by atoms with E-state index in [0.29, 0.717) is 6.42 Å². The molecule has 0 fully saturated rings. The Labute approximate surface area is 286 Å². The second kappa shape index (κ2) is 33.6. The summed E-state index contributed by atoms with van der Waals surface area (Å²) < 4.78 is 21.9. The first-order chi connectivity index (χ1) is 22.9. The molecule has 268 valence electrons. The number of aliphatic hydroxyl groups is 1. The lowest BCUT2D eigenvalue weighted by atomic mass is 10.1. The van der Waals surface area contributed by atoms with Crippen molar-refractivity contribution in [3.05, 3.63) is 85.1 Å². The molecule has 47 heavy (non-hydrogen) atoms. The summed E-state index contributed by atoms with van der Waals surface area (Å²) >= 11 is 0. The molecule has 0 aliphatic carbocycles. The first-order valence-corrected chi connectivity index (χ1v) is 19.2. The molecule has 0 radical (unpaired) electrons. The van der Waals surface area contributed by atoms with Crippen LogP contribution in [0.4, 0.5) is 0 Å². The molecule has 0 heterocycles. The number of carbonyl (C=O) groups is 1. The van der Waals surface area contributed by atoms with Crippen molar-refractivity contribution in [2.45, 2.75) is 129 Å². The highest BCUT2D eigenvalue weighted by atomic mass is 31.2. The van der Waals surface area contributed by atoms with Crippen LogP contribution >= 0.6 is 7.82 Å². The summed E-state index contributed by atoms with van der Waals surface area (Å²) in [5.74, 6) is -0.268. The molecule has 3 atom stereocenters. The second-order valence-corrected chi connectivity index (χ2v) is 12.8. The summed E-state index contributed by atoms with van der Waals surface area (Å²) in [5.41, 5.74) is 5.34. The summed E-state index contributed by atoms with van der Waals surface area (Å²) in [4.78, 5) is 22.5. The van der Waals surface area contributed by atoms with Crippen molar-refractivity contribution < 1.29 is 28.4 Å². The van der Waals surface area contributed by atoms with Gasteiger partial charge in [-0.05, 0) is 70.6 Å². The molecule has 0 saturated carbocycles. The fraction of sp³-hybridized carbons (Fsp3) is 0.605. The number of nitrogens with two attached hydrogens (primary N) is 1. The molecule has 0 rings (SSSR count). The maximum atomic E-state index is 12.6. The van der Waals surface area contributed by atoms with Crippen molar-refractivity contribution in [1.29, 1.82) is 0 Å². The van der Waals surface area contributed by atoms with Crippen LogP contribution in [0, 0.1) is 0 Å². The first-order valence-electron chi connectivity index (χ1n) is 17.7. The molecule has 0 spiro atoms. The molecule has 0 aromatic carbocycles. The van der Waals surface area contributed by atoms with Crippen molar-refractivity contribution in [2.24, 2.45) is 5.73 Å². The molecule has 1 amide bonds. The molecule has 0 saturated heterocycles. The minimum atomic E-state index is -4.36. The molecule has 3 unspecified atom stereocenters. The lowest BCUT2D eigenvalue weighted by Gasteiger charge is -2.23. The lowest BCUT2D eigenvalue weighted by molar-refractivity contribution is -0.122. The number of unbranched alkanes of at least 4 members (excludes halogenated alkanes) is 7. The number of phosphoric ester groups is 1. The summed E-state index contributed by atoms with van der Waals surface area (Å²) in [6, 6.07) is -0.909. The van der Waals surface area contributed by atoms with Crippen molar-refractivity contribution in [2.75, 3.05) is 19.8 Å². The van der Waals surface area contributed by atoms with Crippen LogP contribution in [-0.4, -0.2) is 47.8 Å². The zero-order valence-electron chi connectivity index (χ0n) is 29.2. The molecule has 0 bridgehead atoms. The van der Waals surface area contributed by atoms with Crippen LogP contribution in [0.1, 0.15) is 117 Å². The topological polar surface area (TPSA) is 131 Å². The fourth-order valence-electron chi connectivity index (χ4n) is 4.30. The van der Waals surface area contributed by atoms with E-state index in [9.17, 15) is 19.4 Å². The third kappa shape index (κ3) is 32.0. The van der Waals surface area contributed by atoms with E-state index in [0.717, 1.165) is 57.8 Å². The van der Waals surface area contributed by atoms with Gasteiger partial charge in [0.15, 0.2) is 0 Å². The average Bonchev–Trinajstić information content (AvgIpc) is 3.05. The Morgan fingerprint density at radius 3 is 1.87 bits per heavy atom. The smallest absolute Gasteiger partial charge is 0.387 e. The molecule has 0 aromatic rings. The highest BCUT2D eigenvalue weighted by molar-refractivity contribution is 7.47. The van der Waals surface area contributed by atoms with E-state index in [1.807, 2.05) is 6.08 Å². The van der Waals surface area contributed by atoms with Gasteiger partial charge in [0.1, 0.15) is 0 Å². The zero-order valence-corrected chi connectivity index (χ0v) is 30.1. The van der Waals surface area contributed by atoms with E-state index in [4.69, 9.17) is 14.8 Å². The number of phosphoric acid groups is 1. The van der Waals surface area contributed by atoms with Crippen LogP contribution in [0.25, 0.3) is 0 Å². The first kappa shape index (κ1) is 44.7. The standard InChI is InChI=1S/C38H65N2O6P/c1-3-5-7-9-11-13-15-16-17-18-19-20-22-24-26-28-30-32-38(42)40-36(35-46-47(43,44)45-34-33-39)37(41)31-29-27-25-23-21-14-12-10-8-6-4-2/h5,7,11,13,16-17,19-21,23-24,26,29,31,36-37,41H,3-4,6,8-10,12,14-15,18,22,25,27-28,30,32-35,39H2,1-2H3,(H,40,42)(H,43,44)/b7-5-,13-11-,17-16-,20-19-,23-21+,26-24-,31-29+. The normalized spacial score (nSPS) is 15.4. The molecule has 8 nitrogen and oxygen atoms in total. The Balaban J connectivity index is 4.53. The quantitative estimate of drug-likeness (QED) is 0.0327. The van der Waals surface area contributed by atoms with E-state index in [1.165, 1.54) is 32.1 Å². The Morgan fingerprint density at radius 1 is 0.723 bits per heavy atom. The number of aliphatic hydroxyl groups excluding tert-OH is 1. The zero-order chi connectivity index (χ0) is 34.7. The van der Waals surface area contributed by atoms with E-state index >= 15 is 0 Å². The van der Waals surface area contributed by atoms with Gasteiger partial charge < -0.3 is 21.1 Å². The van der Waals surface area contributed by atoms with Crippen LogP contribution in [0.5, 0.6) is 0 Å². The Bertz CT molecular complexity index is 1000. The Hall–Kier alpha value is -2.32. The second-order valence-electron chi connectivity index (χ2n) is 11.3. The van der Waals surface area contributed by atoms with Gasteiger partial charge in [0.05, 0.1) is 25.4 Å². The minimum absolute atomic E-state index is 0.0601. The summed E-state index contributed by atoms with van der Waals surface area (Å²) in [5, 5.41) is 13.5. The Morgan fingerprint density at radius 2 is 1.26 bits per heavy atom. The number of carbonyl (C=O) groups excluding carboxylic acids is 1. The van der Waals surface area contributed by atoms with Crippen molar-refractivity contribution in [3.8, 4) is 0 Å². The molecule has 5 N–H and O–H groups in total. The van der Waals surface area contributed by atoms with Crippen LogP contribution in [0.15, 0.2) is 85.1 Å². The number of hydrogen-bond acceptors (Lipinski definition) is 6. The van der Waals surface area contributed by atoms with E-state index in [1.54, 1.807) is 6.08 Å². The van der Waals surface area contributed by atoms with E-state index in [-0.39, 0.29) is 32.1 Å². The van der Waals surface area contributed by atoms with E-state index < -0.39 is 20.0 Å². The van der Waals surface area contributed by atoms with Gasteiger partial charge in [-0.25, -0.2) is 4.57 Å². The monoisotopic (exact) mass is 676 g/mol. The highest BCUT2D eigenvalue weighted by Gasteiger charge is 2.26. The predicted octanol–water partition coefficient (Wildman–Crippen LogP) is 9.10. The van der Waals surface area contributed by atoms with Crippen LogP contribution < -0.4 is 11.1 Å². The van der Waals surface area contributed by atoms with Crippen molar-refractivity contribution >= 4 is 13.7 Å². The minimum Gasteiger partial charge on any atom is -0.387 e. The van der Waals surface area contributed by atoms with Crippen LogP contribution in [0.3, 0.4) is 0 Å². The summed E-state index contributed by atoms with van der Waals surface area (Å²) in [7, 11) is -4.36. The van der Waals surface area contributed by atoms with Gasteiger partial charge in [0.2, 0.25) is 5.91 Å². The molecule has 0 aliphatic rings. The largest absolute Gasteiger partial charge is 0.472 e. The van der Waals surface area contributed by atoms with Gasteiger partial charge in [-0.2, -0.15) is 0 Å². The van der Waals surface area contributed by atoms with Crippen LogP contribution in [-0.2, 0) is 18.4 Å². The fourth-order valence-corrected chi connectivity index (χ4v) is 5.06. The Kier molecular flexibility index (Phi) is 31.9. The number of nitrogens with one attached hydrogen (secondary N) is 1. The summed E-state index contributed by atoms with van der Waals surface area (Å²) in [6.45, 7) is 3.88. The number of rotatable bonds is 31. The number of amides is 1. The lowest BCUT2D eigenvalue weighted by Crippen LogP contribution is -2.45. The molecular formula is C38H65N2O6P. The van der Waals surface area contributed by atoms with Gasteiger partial charge in [-0.3, -0.25) is 13.8 Å². The van der Waals surface area contributed by atoms with Crippen molar-refractivity contribution in [1.82, 2.24) is 5.32 Å². The van der Waals surface area contributed by atoms with Gasteiger partial charge in [-0.15, -0.1) is 0 Å². The van der Waals surface area contributed by atoms with Gasteiger partial charge in [0.25, 0.3) is 0 Å². The SMILES string of the molecule is CC/C=C\C/C=C\C/C=C\C/C=C\C/C=C\CCCC(=O)NC(COP(=O)(O)OCCN)C(O)/C=C/CC/C=C/CCCCCCC. The highest BCUT2D eigenvalue weighted by Crippen LogP contribution is 2.43. The molecule has 0 aliphatic heterocycles. The van der Waals surface area contributed by atoms with E-state index in [2.05, 4.69) is 92.1 Å². The van der Waals surface area contributed by atoms with Gasteiger partial charge >= 0.3 is 7.82 Å². The number of allylic oxidation sites excluding steroid dienone is 13. The molecule has 0 aromatic heterocycles. The van der Waals surface area contributed by atoms with Crippen LogP contribution in [0.2, 0.25) is 0 Å². The summed E-state index contributed by atoms with van der Waals surface area (Å²) in [6.07, 6.45) is 43.5. The predicted molar refractivity (Wildman–Crippen MR) is 198 cm³/mol. The average molecular weight is 677 g/mol. The maximum absolute atomic E-state index is 12.6. The maximum Gasteiger partial charge on any atom is 0.472 e. The molecular weight excluding hydrogens is 611 g/mol. The third-order valence-corrected chi connectivity index (χ3v) is 7.94. The molecule has 9 heteroatoms. The van der Waals surface area contributed by atoms with Gasteiger partial charge in [-0.1, -0.05) is 125 Å².